The van der Waals surface area contributed by atoms with Crippen LogP contribution in [0.5, 0.6) is 11.6 Å². The highest BCUT2D eigenvalue weighted by molar-refractivity contribution is 5.43. The summed E-state index contributed by atoms with van der Waals surface area (Å²) < 4.78 is 21.8. The topological polar surface area (TPSA) is 46.4 Å². The second kappa shape index (κ2) is 8.90. The van der Waals surface area contributed by atoms with Gasteiger partial charge in [0.1, 0.15) is 11.6 Å². The van der Waals surface area contributed by atoms with Crippen LogP contribution in [0.15, 0.2) is 42.6 Å². The zero-order valence-corrected chi connectivity index (χ0v) is 18.8. The van der Waals surface area contributed by atoms with Crippen LogP contribution in [-0.2, 0) is 26.6 Å². The average Bonchev–Trinajstić information content (AvgIpc) is 3.20. The van der Waals surface area contributed by atoms with E-state index < -0.39 is 0 Å². The Kier molecular flexibility index (Phi) is 5.83. The van der Waals surface area contributed by atoms with Crippen molar-refractivity contribution >= 4 is 5.95 Å². The van der Waals surface area contributed by atoms with Crippen LogP contribution in [0.3, 0.4) is 0 Å². The molecule has 2 aliphatic heterocycles. The van der Waals surface area contributed by atoms with Crippen LogP contribution in [0.4, 0.5) is 10.3 Å². The highest BCUT2D eigenvalue weighted by Crippen LogP contribution is 2.33. The molecule has 168 valence electrons. The SMILES string of the molecule is CC1CCN(c2nc3c(c(Oc4ccc(F)cc4)n2)CN(Cc2cccn2C)CC3)CC1. The van der Waals surface area contributed by atoms with Crippen LogP contribution in [0.2, 0.25) is 0 Å². The summed E-state index contributed by atoms with van der Waals surface area (Å²) in [6.45, 7) is 6.78. The maximum Gasteiger partial charge on any atom is 0.228 e. The minimum atomic E-state index is -0.279. The van der Waals surface area contributed by atoms with Crippen molar-refractivity contribution in [3.63, 3.8) is 0 Å². The van der Waals surface area contributed by atoms with Gasteiger partial charge in [0.2, 0.25) is 11.8 Å². The summed E-state index contributed by atoms with van der Waals surface area (Å²) in [5.74, 6) is 2.39. The number of hydrogen-bond acceptors (Lipinski definition) is 5. The largest absolute Gasteiger partial charge is 0.438 e. The summed E-state index contributed by atoms with van der Waals surface area (Å²) in [5, 5.41) is 0. The van der Waals surface area contributed by atoms with Crippen molar-refractivity contribution in [2.45, 2.75) is 39.3 Å². The third-order valence-corrected chi connectivity index (χ3v) is 6.62. The van der Waals surface area contributed by atoms with Gasteiger partial charge in [-0.3, -0.25) is 4.90 Å². The van der Waals surface area contributed by atoms with Gasteiger partial charge in [-0.15, -0.1) is 0 Å². The first-order chi connectivity index (χ1) is 15.5. The number of hydrogen-bond donors (Lipinski definition) is 0. The van der Waals surface area contributed by atoms with E-state index in [1.165, 1.54) is 17.8 Å². The highest BCUT2D eigenvalue weighted by atomic mass is 19.1. The number of fused-ring (bicyclic) bond motifs is 1. The third kappa shape index (κ3) is 4.48. The van der Waals surface area contributed by atoms with Gasteiger partial charge in [-0.25, -0.2) is 9.37 Å². The first-order valence-electron chi connectivity index (χ1n) is 11.5. The Morgan fingerprint density at radius 1 is 1.06 bits per heavy atom. The number of piperidine rings is 1. The van der Waals surface area contributed by atoms with Crippen LogP contribution in [0, 0.1) is 11.7 Å². The zero-order valence-electron chi connectivity index (χ0n) is 18.8. The second-order valence-corrected chi connectivity index (χ2v) is 9.05. The van der Waals surface area contributed by atoms with Crippen molar-refractivity contribution in [1.29, 1.82) is 0 Å². The van der Waals surface area contributed by atoms with E-state index in [-0.39, 0.29) is 5.82 Å². The molecule has 2 aromatic heterocycles. The molecule has 3 aromatic rings. The molecule has 32 heavy (non-hydrogen) atoms. The van der Waals surface area contributed by atoms with Crippen LogP contribution in [0.1, 0.15) is 36.7 Å². The molecule has 7 heteroatoms. The van der Waals surface area contributed by atoms with Gasteiger partial charge in [-0.2, -0.15) is 4.98 Å². The molecule has 1 fully saturated rings. The molecule has 1 saturated heterocycles. The lowest BCUT2D eigenvalue weighted by Crippen LogP contribution is -2.36. The van der Waals surface area contributed by atoms with E-state index >= 15 is 0 Å². The molecule has 0 bridgehead atoms. The van der Waals surface area contributed by atoms with E-state index in [0.717, 1.165) is 75.1 Å². The number of anilines is 1. The van der Waals surface area contributed by atoms with Crippen molar-refractivity contribution in [1.82, 2.24) is 19.4 Å². The van der Waals surface area contributed by atoms with Crippen molar-refractivity contribution in [3.8, 4) is 11.6 Å². The van der Waals surface area contributed by atoms with Gasteiger partial charge in [0.05, 0.1) is 11.3 Å². The molecule has 0 unspecified atom stereocenters. The summed E-state index contributed by atoms with van der Waals surface area (Å²) in [4.78, 5) is 14.5. The van der Waals surface area contributed by atoms with Gasteiger partial charge in [0.15, 0.2) is 0 Å². The molecule has 4 heterocycles. The predicted molar refractivity (Wildman–Crippen MR) is 122 cm³/mol. The van der Waals surface area contributed by atoms with Gasteiger partial charge in [0.25, 0.3) is 0 Å². The molecule has 0 saturated carbocycles. The molecule has 0 radical (unpaired) electrons. The molecule has 6 nitrogen and oxygen atoms in total. The van der Waals surface area contributed by atoms with Crippen molar-refractivity contribution < 1.29 is 9.13 Å². The van der Waals surface area contributed by atoms with E-state index in [9.17, 15) is 4.39 Å². The Hall–Kier alpha value is -2.93. The predicted octanol–water partition coefficient (Wildman–Crippen LogP) is 4.54. The lowest BCUT2D eigenvalue weighted by molar-refractivity contribution is 0.233. The number of aryl methyl sites for hydroxylation is 1. The number of halogens is 1. The Morgan fingerprint density at radius 3 is 2.56 bits per heavy atom. The first-order valence-corrected chi connectivity index (χ1v) is 11.5. The van der Waals surface area contributed by atoms with E-state index in [1.54, 1.807) is 12.1 Å². The molecular formula is C25H30FN5O. The lowest BCUT2D eigenvalue weighted by atomic mass is 9.99. The van der Waals surface area contributed by atoms with Crippen LogP contribution in [-0.4, -0.2) is 39.1 Å². The van der Waals surface area contributed by atoms with E-state index in [1.807, 2.05) is 0 Å². The van der Waals surface area contributed by atoms with E-state index in [0.29, 0.717) is 11.6 Å². The Bertz CT molecular complexity index is 1070. The maximum atomic E-state index is 13.4. The average molecular weight is 436 g/mol. The fourth-order valence-electron chi connectivity index (χ4n) is 4.50. The molecule has 1 aromatic carbocycles. The summed E-state index contributed by atoms with van der Waals surface area (Å²) in [7, 11) is 2.07. The molecule has 5 rings (SSSR count). The quantitative estimate of drug-likeness (QED) is 0.589. The van der Waals surface area contributed by atoms with Crippen LogP contribution >= 0.6 is 0 Å². The summed E-state index contributed by atoms with van der Waals surface area (Å²) in [5.41, 5.74) is 3.37. The Balaban J connectivity index is 1.45. The molecule has 0 amide bonds. The maximum absolute atomic E-state index is 13.4. The number of rotatable bonds is 5. The molecule has 0 spiro atoms. The normalized spacial score (nSPS) is 17.4. The zero-order chi connectivity index (χ0) is 22.1. The Labute approximate surface area is 188 Å². The van der Waals surface area contributed by atoms with Gasteiger partial charge in [0, 0.05) is 58.1 Å². The van der Waals surface area contributed by atoms with Crippen molar-refractivity contribution in [2.75, 3.05) is 24.5 Å². The summed E-state index contributed by atoms with van der Waals surface area (Å²) in [6, 6.07) is 10.4. The van der Waals surface area contributed by atoms with Gasteiger partial charge in [-0.05, 0) is 55.2 Å². The van der Waals surface area contributed by atoms with E-state index in [4.69, 9.17) is 14.7 Å². The van der Waals surface area contributed by atoms with Gasteiger partial charge >= 0.3 is 0 Å². The fraction of sp³-hybridized carbons (Fsp3) is 0.440. The smallest absolute Gasteiger partial charge is 0.228 e. The van der Waals surface area contributed by atoms with Crippen molar-refractivity contribution in [3.05, 3.63) is 65.4 Å². The summed E-state index contributed by atoms with van der Waals surface area (Å²) >= 11 is 0. The van der Waals surface area contributed by atoms with Crippen LogP contribution in [0.25, 0.3) is 0 Å². The molecule has 2 aliphatic rings. The monoisotopic (exact) mass is 435 g/mol. The standard InChI is InChI=1S/C25H30FN5O/c1-18-9-14-31(15-10-18)25-27-23-11-13-30(16-20-4-3-12-29(20)2)17-22(23)24(28-25)32-21-7-5-19(26)6-8-21/h3-8,12,18H,9-11,13-17H2,1-2H3. The molecule has 0 N–H and O–H groups in total. The van der Waals surface area contributed by atoms with Crippen molar-refractivity contribution in [2.24, 2.45) is 13.0 Å². The third-order valence-electron chi connectivity index (χ3n) is 6.62. The molecule has 0 aliphatic carbocycles. The number of nitrogens with zero attached hydrogens (tertiary/aromatic N) is 5. The fourth-order valence-corrected chi connectivity index (χ4v) is 4.50. The minimum Gasteiger partial charge on any atom is -0.438 e. The van der Waals surface area contributed by atoms with Gasteiger partial charge in [-0.1, -0.05) is 6.92 Å². The van der Waals surface area contributed by atoms with E-state index in [2.05, 4.69) is 46.7 Å². The lowest BCUT2D eigenvalue weighted by Gasteiger charge is -2.33. The number of benzene rings is 1. The van der Waals surface area contributed by atoms with Gasteiger partial charge < -0.3 is 14.2 Å². The molecular weight excluding hydrogens is 405 g/mol. The number of ether oxygens (including phenoxy) is 1. The second-order valence-electron chi connectivity index (χ2n) is 9.05. The van der Waals surface area contributed by atoms with Crippen LogP contribution < -0.4 is 9.64 Å². The number of aromatic nitrogens is 3. The first kappa shape index (κ1) is 20.9. The Morgan fingerprint density at radius 2 is 1.84 bits per heavy atom. The minimum absolute atomic E-state index is 0.279. The molecule has 0 atom stereocenters. The highest BCUT2D eigenvalue weighted by Gasteiger charge is 2.27. The summed E-state index contributed by atoms with van der Waals surface area (Å²) in [6.07, 6.45) is 5.24.